The van der Waals surface area contributed by atoms with Crippen molar-refractivity contribution in [3.8, 4) is 12.3 Å². The number of fused-ring (bicyclic) bond motifs is 5. The van der Waals surface area contributed by atoms with Gasteiger partial charge in [0.1, 0.15) is 5.60 Å². The first-order valence-electron chi connectivity index (χ1n) is 9.17. The highest BCUT2D eigenvalue weighted by molar-refractivity contribution is 5.91. The third-order valence-corrected chi connectivity index (χ3v) is 7.54. The van der Waals surface area contributed by atoms with Gasteiger partial charge in [0.2, 0.25) is 0 Å². The third kappa shape index (κ3) is 1.89. The van der Waals surface area contributed by atoms with E-state index in [0.29, 0.717) is 35.9 Å². The van der Waals surface area contributed by atoms with Crippen LogP contribution >= 0.6 is 0 Å². The summed E-state index contributed by atoms with van der Waals surface area (Å²) in [4.78, 5) is 11.7. The smallest absolute Gasteiger partial charge is 0.155 e. The third-order valence-electron chi connectivity index (χ3n) is 7.54. The summed E-state index contributed by atoms with van der Waals surface area (Å²) in [6.07, 6.45) is 18.8. The molecule has 0 radical (unpaired) electrons. The fourth-order valence-electron chi connectivity index (χ4n) is 6.38. The maximum Gasteiger partial charge on any atom is 0.155 e. The number of carbonyl (C=O) groups is 1. The lowest BCUT2D eigenvalue weighted by atomic mass is 9.49. The summed E-state index contributed by atoms with van der Waals surface area (Å²) in [6.45, 7) is 2.18. The number of ketones is 1. The van der Waals surface area contributed by atoms with Gasteiger partial charge in [-0.3, -0.25) is 4.79 Å². The van der Waals surface area contributed by atoms with E-state index in [1.54, 1.807) is 0 Å². The molecule has 0 heterocycles. The van der Waals surface area contributed by atoms with Crippen molar-refractivity contribution >= 4 is 5.78 Å². The molecule has 122 valence electrons. The van der Waals surface area contributed by atoms with Crippen LogP contribution in [0, 0.1) is 41.4 Å². The van der Waals surface area contributed by atoms with E-state index < -0.39 is 5.60 Å². The highest BCUT2D eigenvalue weighted by Crippen LogP contribution is 2.63. The minimum atomic E-state index is -1.07. The summed E-state index contributed by atoms with van der Waals surface area (Å²) < 4.78 is 0. The van der Waals surface area contributed by atoms with Gasteiger partial charge in [-0.05, 0) is 74.3 Å². The van der Waals surface area contributed by atoms with E-state index in [-0.39, 0.29) is 5.41 Å². The molecule has 2 fully saturated rings. The second-order valence-corrected chi connectivity index (χ2v) is 8.04. The van der Waals surface area contributed by atoms with Crippen LogP contribution in [0.2, 0.25) is 0 Å². The maximum absolute atomic E-state index is 11.7. The number of carbonyl (C=O) groups excluding carboxylic acids is 1. The molecule has 0 amide bonds. The highest BCUT2D eigenvalue weighted by atomic mass is 16.3. The Bertz CT molecular complexity index is 637. The molecule has 2 saturated carbocycles. The number of aliphatic hydroxyl groups is 1. The molecular weight excluding hydrogens is 284 g/mol. The Hall–Kier alpha value is -1.33. The van der Waals surface area contributed by atoms with Crippen LogP contribution in [-0.4, -0.2) is 16.5 Å². The fraction of sp³-hybridized carbons (Fsp3) is 0.667. The molecule has 0 aliphatic heterocycles. The quantitative estimate of drug-likeness (QED) is 0.593. The fourth-order valence-corrected chi connectivity index (χ4v) is 6.38. The Morgan fingerprint density at radius 3 is 2.87 bits per heavy atom. The highest BCUT2D eigenvalue weighted by Gasteiger charge is 2.61. The molecule has 0 saturated heterocycles. The van der Waals surface area contributed by atoms with Crippen LogP contribution in [0.3, 0.4) is 0 Å². The van der Waals surface area contributed by atoms with Crippen molar-refractivity contribution in [2.24, 2.45) is 29.1 Å². The molecule has 6 atom stereocenters. The molecule has 4 aliphatic rings. The molecule has 4 rings (SSSR count). The number of hydrogen-bond donors (Lipinski definition) is 1. The van der Waals surface area contributed by atoms with Gasteiger partial charge in [-0.15, -0.1) is 6.42 Å². The Labute approximate surface area is 139 Å². The predicted octanol–water partition coefficient (Wildman–Crippen LogP) is 3.66. The van der Waals surface area contributed by atoms with E-state index >= 15 is 0 Å². The number of hydrogen-bond acceptors (Lipinski definition) is 2. The van der Waals surface area contributed by atoms with Crippen LogP contribution in [0.4, 0.5) is 0 Å². The van der Waals surface area contributed by atoms with Crippen LogP contribution in [0.1, 0.15) is 51.9 Å². The Kier molecular flexibility index (Phi) is 3.36. The normalized spacial score (nSPS) is 48.0. The number of allylic oxidation sites excluding steroid dienone is 3. The minimum Gasteiger partial charge on any atom is -0.373 e. The first kappa shape index (κ1) is 15.2. The largest absolute Gasteiger partial charge is 0.373 e. The Morgan fingerprint density at radius 2 is 2.13 bits per heavy atom. The van der Waals surface area contributed by atoms with Crippen molar-refractivity contribution in [3.63, 3.8) is 0 Å². The van der Waals surface area contributed by atoms with E-state index in [4.69, 9.17) is 6.42 Å². The topological polar surface area (TPSA) is 37.3 Å². The van der Waals surface area contributed by atoms with Crippen molar-refractivity contribution in [3.05, 3.63) is 23.8 Å². The molecule has 0 aromatic rings. The van der Waals surface area contributed by atoms with Crippen LogP contribution in [0.25, 0.3) is 0 Å². The molecular formula is C21H26O2. The van der Waals surface area contributed by atoms with Gasteiger partial charge in [-0.2, -0.15) is 0 Å². The van der Waals surface area contributed by atoms with Gasteiger partial charge in [-0.1, -0.05) is 24.5 Å². The molecule has 4 aliphatic carbocycles. The van der Waals surface area contributed by atoms with Gasteiger partial charge in [-0.25, -0.2) is 0 Å². The zero-order valence-electron chi connectivity index (χ0n) is 13.9. The lowest BCUT2D eigenvalue weighted by Gasteiger charge is -2.55. The maximum atomic E-state index is 11.7. The molecule has 0 spiro atoms. The SMILES string of the molecule is C#CC1(O)C=C[C@H]2[C@@H]3CCC4=CC(=O)CC[C@@H]4[C@H]3CC[C@@]21CC. The summed E-state index contributed by atoms with van der Waals surface area (Å²) in [7, 11) is 0. The standard InChI is InChI=1S/C21H26O2/c1-3-20-11-9-17-16-8-6-15(22)13-14(16)5-7-18(17)19(20)10-12-21(20,23)4-2/h2,10,12-13,16-19,23H,3,5-9,11H2,1H3/t16-,17+,18+,19-,20-,21?/m0/s1. The average Bonchev–Trinajstić information content (AvgIpc) is 2.88. The van der Waals surface area contributed by atoms with Crippen molar-refractivity contribution < 1.29 is 9.90 Å². The molecule has 1 N–H and O–H groups in total. The zero-order valence-corrected chi connectivity index (χ0v) is 13.9. The number of rotatable bonds is 1. The Morgan fingerprint density at radius 1 is 1.30 bits per heavy atom. The molecule has 1 unspecified atom stereocenters. The van der Waals surface area contributed by atoms with Gasteiger partial charge in [0, 0.05) is 11.8 Å². The summed E-state index contributed by atoms with van der Waals surface area (Å²) in [5.41, 5.74) is 0.158. The minimum absolute atomic E-state index is 0.172. The molecule has 2 heteroatoms. The van der Waals surface area contributed by atoms with Crippen molar-refractivity contribution in [2.75, 3.05) is 0 Å². The molecule has 2 nitrogen and oxygen atoms in total. The van der Waals surface area contributed by atoms with Crippen LogP contribution in [0.15, 0.2) is 23.8 Å². The second-order valence-electron chi connectivity index (χ2n) is 8.04. The van der Waals surface area contributed by atoms with Gasteiger partial charge in [0.05, 0.1) is 0 Å². The van der Waals surface area contributed by atoms with Crippen LogP contribution in [0.5, 0.6) is 0 Å². The monoisotopic (exact) mass is 310 g/mol. The second kappa shape index (κ2) is 5.08. The van der Waals surface area contributed by atoms with E-state index in [2.05, 4.69) is 18.9 Å². The summed E-state index contributed by atoms with van der Waals surface area (Å²) in [5, 5.41) is 11.0. The van der Waals surface area contributed by atoms with Gasteiger partial charge >= 0.3 is 0 Å². The molecule has 0 aromatic heterocycles. The molecule has 23 heavy (non-hydrogen) atoms. The number of terminal acetylenes is 1. The average molecular weight is 310 g/mol. The van der Waals surface area contributed by atoms with Crippen molar-refractivity contribution in [2.45, 2.75) is 57.5 Å². The zero-order chi connectivity index (χ0) is 16.2. The molecule has 0 bridgehead atoms. The van der Waals surface area contributed by atoms with E-state index in [1.165, 1.54) is 5.57 Å². The van der Waals surface area contributed by atoms with E-state index in [0.717, 1.165) is 38.5 Å². The summed E-state index contributed by atoms with van der Waals surface area (Å²) >= 11 is 0. The summed E-state index contributed by atoms with van der Waals surface area (Å²) in [5.74, 6) is 5.28. The van der Waals surface area contributed by atoms with Gasteiger partial charge in [0.25, 0.3) is 0 Å². The van der Waals surface area contributed by atoms with E-state index in [1.807, 2.05) is 12.2 Å². The Balaban J connectivity index is 1.69. The van der Waals surface area contributed by atoms with Crippen LogP contribution < -0.4 is 0 Å². The molecule has 0 aromatic carbocycles. The lowest BCUT2D eigenvalue weighted by molar-refractivity contribution is -0.116. The van der Waals surface area contributed by atoms with Crippen molar-refractivity contribution in [1.29, 1.82) is 0 Å². The van der Waals surface area contributed by atoms with Gasteiger partial charge < -0.3 is 5.11 Å². The van der Waals surface area contributed by atoms with Gasteiger partial charge in [0.15, 0.2) is 5.78 Å². The van der Waals surface area contributed by atoms with Crippen molar-refractivity contribution in [1.82, 2.24) is 0 Å². The van der Waals surface area contributed by atoms with E-state index in [9.17, 15) is 9.90 Å². The summed E-state index contributed by atoms with van der Waals surface area (Å²) in [6, 6.07) is 0. The first-order valence-corrected chi connectivity index (χ1v) is 9.17. The van der Waals surface area contributed by atoms with Crippen LogP contribution in [-0.2, 0) is 4.79 Å². The first-order chi connectivity index (χ1) is 11.0. The lowest BCUT2D eigenvalue weighted by Crippen LogP contribution is -2.54. The predicted molar refractivity (Wildman–Crippen MR) is 90.4 cm³/mol.